The van der Waals surface area contributed by atoms with E-state index in [0.717, 1.165) is 0 Å². The number of aromatic amines is 1. The largest absolute Gasteiger partial charge is 0.375 e. The molecule has 0 aromatic carbocycles. The molecule has 1 fully saturated rings. The molecule has 1 aliphatic heterocycles. The summed E-state index contributed by atoms with van der Waals surface area (Å²) in [6.07, 6.45) is 1.73. The van der Waals surface area contributed by atoms with Crippen LogP contribution in [0.25, 0.3) is 11.0 Å². The fraction of sp³-hybridized carbons (Fsp3) is 0.357. The second kappa shape index (κ2) is 4.94. The van der Waals surface area contributed by atoms with Crippen LogP contribution in [0.1, 0.15) is 12.5 Å². The third kappa shape index (κ3) is 2.02. The van der Waals surface area contributed by atoms with E-state index in [1.165, 1.54) is 0 Å². The van der Waals surface area contributed by atoms with Gasteiger partial charge >= 0.3 is 0 Å². The lowest BCUT2D eigenvalue weighted by atomic mass is 10.1. The lowest BCUT2D eigenvalue weighted by molar-refractivity contribution is 0.0533. The molecule has 1 atom stereocenters. The van der Waals surface area contributed by atoms with Gasteiger partial charge in [0.2, 0.25) is 0 Å². The summed E-state index contributed by atoms with van der Waals surface area (Å²) < 4.78 is 5.51. The second-order valence-electron chi connectivity index (χ2n) is 4.82. The summed E-state index contributed by atoms with van der Waals surface area (Å²) in [6, 6.07) is 5.55. The monoisotopic (exact) mass is 270 g/mol. The fourth-order valence-corrected chi connectivity index (χ4v) is 2.54. The average molecular weight is 270 g/mol. The number of rotatable bonds is 1. The lowest BCUT2D eigenvalue weighted by Crippen LogP contribution is -2.42. The van der Waals surface area contributed by atoms with Crippen molar-refractivity contribution in [1.82, 2.24) is 9.97 Å². The van der Waals surface area contributed by atoms with Gasteiger partial charge in [-0.2, -0.15) is 5.26 Å². The van der Waals surface area contributed by atoms with Crippen molar-refractivity contribution in [3.63, 3.8) is 0 Å². The Morgan fingerprint density at radius 2 is 2.45 bits per heavy atom. The molecule has 0 aliphatic carbocycles. The highest BCUT2D eigenvalue weighted by molar-refractivity contribution is 5.91. The Morgan fingerprint density at radius 1 is 1.60 bits per heavy atom. The van der Waals surface area contributed by atoms with E-state index in [0.29, 0.717) is 36.4 Å². The number of fused-ring (bicyclic) bond motifs is 1. The van der Waals surface area contributed by atoms with Gasteiger partial charge in [-0.05, 0) is 19.1 Å². The van der Waals surface area contributed by atoms with Crippen LogP contribution in [0.3, 0.4) is 0 Å². The first kappa shape index (κ1) is 12.6. The topological polar surface area (TPSA) is 82.0 Å². The molecule has 2 aromatic heterocycles. The molecule has 0 spiro atoms. The summed E-state index contributed by atoms with van der Waals surface area (Å²) in [5.74, 6) is 0. The first-order valence-electron chi connectivity index (χ1n) is 6.48. The molecule has 3 rings (SSSR count). The normalized spacial score (nSPS) is 19.0. The number of anilines is 1. The molecule has 102 valence electrons. The van der Waals surface area contributed by atoms with Crippen LogP contribution < -0.4 is 10.5 Å². The highest BCUT2D eigenvalue weighted by atomic mass is 16.5. The maximum absolute atomic E-state index is 12.0. The van der Waals surface area contributed by atoms with Crippen molar-refractivity contribution in [2.75, 3.05) is 24.6 Å². The molecule has 1 aliphatic rings. The van der Waals surface area contributed by atoms with Crippen molar-refractivity contribution in [2.45, 2.75) is 13.0 Å². The Kier molecular flexibility index (Phi) is 3.12. The van der Waals surface area contributed by atoms with Crippen LogP contribution in [-0.2, 0) is 4.74 Å². The molecule has 0 amide bonds. The molecular weight excluding hydrogens is 256 g/mol. The number of nitriles is 1. The number of nitrogens with one attached hydrogen (secondary N) is 1. The zero-order valence-electron chi connectivity index (χ0n) is 11.1. The summed E-state index contributed by atoms with van der Waals surface area (Å²) in [6.45, 7) is 3.84. The molecule has 6 nitrogen and oxygen atoms in total. The van der Waals surface area contributed by atoms with E-state index in [-0.39, 0.29) is 17.2 Å². The summed E-state index contributed by atoms with van der Waals surface area (Å²) in [5, 5.41) is 9.30. The quantitative estimate of drug-likeness (QED) is 0.836. The lowest BCUT2D eigenvalue weighted by Gasteiger charge is -2.33. The van der Waals surface area contributed by atoms with E-state index >= 15 is 0 Å². The van der Waals surface area contributed by atoms with Crippen molar-refractivity contribution in [3.8, 4) is 6.07 Å². The third-order valence-electron chi connectivity index (χ3n) is 3.41. The van der Waals surface area contributed by atoms with Crippen molar-refractivity contribution in [3.05, 3.63) is 34.2 Å². The molecule has 3 heterocycles. The van der Waals surface area contributed by atoms with Gasteiger partial charge in [-0.15, -0.1) is 0 Å². The number of hydrogen-bond acceptors (Lipinski definition) is 5. The summed E-state index contributed by atoms with van der Waals surface area (Å²) in [7, 11) is 0. The number of morpholine rings is 1. The second-order valence-corrected chi connectivity index (χ2v) is 4.82. The molecule has 0 bridgehead atoms. The molecule has 0 radical (unpaired) electrons. The summed E-state index contributed by atoms with van der Waals surface area (Å²) >= 11 is 0. The van der Waals surface area contributed by atoms with Gasteiger partial charge in [0.15, 0.2) is 0 Å². The van der Waals surface area contributed by atoms with Gasteiger partial charge in [0.05, 0.1) is 23.9 Å². The molecular formula is C14H14N4O2. The first-order valence-corrected chi connectivity index (χ1v) is 6.48. The fourth-order valence-electron chi connectivity index (χ4n) is 2.54. The highest BCUT2D eigenvalue weighted by Gasteiger charge is 2.24. The van der Waals surface area contributed by atoms with Crippen LogP contribution in [0.2, 0.25) is 0 Å². The molecule has 20 heavy (non-hydrogen) atoms. The van der Waals surface area contributed by atoms with Gasteiger partial charge in [-0.25, -0.2) is 0 Å². The predicted molar refractivity (Wildman–Crippen MR) is 74.7 cm³/mol. The molecule has 0 unspecified atom stereocenters. The molecule has 1 N–H and O–H groups in total. The molecule has 2 aromatic rings. The van der Waals surface area contributed by atoms with Crippen molar-refractivity contribution < 1.29 is 4.74 Å². The zero-order valence-corrected chi connectivity index (χ0v) is 11.1. The molecule has 1 saturated heterocycles. The average Bonchev–Trinajstić information content (AvgIpc) is 2.45. The van der Waals surface area contributed by atoms with Gasteiger partial charge in [0, 0.05) is 19.3 Å². The highest BCUT2D eigenvalue weighted by Crippen LogP contribution is 2.27. The van der Waals surface area contributed by atoms with E-state index in [2.05, 4.69) is 9.97 Å². The Labute approximate surface area is 115 Å². The molecule has 0 saturated carbocycles. The van der Waals surface area contributed by atoms with Gasteiger partial charge in [-0.1, -0.05) is 0 Å². The van der Waals surface area contributed by atoms with Gasteiger partial charge in [-0.3, -0.25) is 9.78 Å². The van der Waals surface area contributed by atoms with Gasteiger partial charge < -0.3 is 14.6 Å². The number of nitrogens with zero attached hydrogens (tertiary/aromatic N) is 3. The maximum atomic E-state index is 12.0. The molecule has 6 heteroatoms. The number of hydrogen-bond donors (Lipinski definition) is 1. The van der Waals surface area contributed by atoms with Gasteiger partial charge in [0.1, 0.15) is 17.1 Å². The Bertz CT molecular complexity index is 747. The zero-order chi connectivity index (χ0) is 14.1. The van der Waals surface area contributed by atoms with E-state index in [4.69, 9.17) is 4.74 Å². The number of H-pyrrole nitrogens is 1. The van der Waals surface area contributed by atoms with E-state index in [9.17, 15) is 10.1 Å². The van der Waals surface area contributed by atoms with Crippen LogP contribution in [0, 0.1) is 11.3 Å². The Hall–Kier alpha value is -2.39. The van der Waals surface area contributed by atoms with E-state index in [1.54, 1.807) is 18.3 Å². The van der Waals surface area contributed by atoms with Crippen molar-refractivity contribution >= 4 is 16.7 Å². The minimum atomic E-state index is -0.373. The summed E-state index contributed by atoms with van der Waals surface area (Å²) in [4.78, 5) is 21.1. The number of ether oxygens (including phenoxy) is 1. The maximum Gasteiger partial charge on any atom is 0.268 e. The minimum Gasteiger partial charge on any atom is -0.375 e. The van der Waals surface area contributed by atoms with Crippen LogP contribution in [0.4, 0.5) is 5.69 Å². The standard InChI is InChI=1S/C14H14N4O2/c1-9-8-18(5-6-20-9)13-10(7-15)14(19)17-11-3-2-4-16-12(11)13/h2-4,9H,5-6,8H2,1H3,(H,17,19)/t9-/m1/s1. The first-order chi connectivity index (χ1) is 9.70. The van der Waals surface area contributed by atoms with E-state index in [1.807, 2.05) is 17.9 Å². The predicted octanol–water partition coefficient (Wildman–Crippen LogP) is 1.02. The minimum absolute atomic E-state index is 0.0633. The Morgan fingerprint density at radius 3 is 3.20 bits per heavy atom. The van der Waals surface area contributed by atoms with Crippen molar-refractivity contribution in [1.29, 1.82) is 5.26 Å². The SMILES string of the molecule is C[C@@H]1CN(c2c(C#N)c(=O)[nH]c3cccnc23)CCO1. The van der Waals surface area contributed by atoms with Crippen LogP contribution in [0.15, 0.2) is 23.1 Å². The van der Waals surface area contributed by atoms with Crippen LogP contribution >= 0.6 is 0 Å². The van der Waals surface area contributed by atoms with Crippen LogP contribution in [-0.4, -0.2) is 35.8 Å². The smallest absolute Gasteiger partial charge is 0.268 e. The number of aromatic nitrogens is 2. The van der Waals surface area contributed by atoms with E-state index < -0.39 is 0 Å². The van der Waals surface area contributed by atoms with Crippen molar-refractivity contribution in [2.24, 2.45) is 0 Å². The Balaban J connectivity index is 2.26. The number of pyridine rings is 2. The van der Waals surface area contributed by atoms with Gasteiger partial charge in [0.25, 0.3) is 5.56 Å². The van der Waals surface area contributed by atoms with Crippen LogP contribution in [0.5, 0.6) is 0 Å². The summed E-state index contributed by atoms with van der Waals surface area (Å²) in [5.41, 5.74) is 1.65. The third-order valence-corrected chi connectivity index (χ3v) is 3.41.